The summed E-state index contributed by atoms with van der Waals surface area (Å²) < 4.78 is 40.7. The summed E-state index contributed by atoms with van der Waals surface area (Å²) in [6.07, 6.45) is 1.62. The van der Waals surface area contributed by atoms with Crippen LogP contribution in [0.5, 0.6) is 0 Å². The second-order valence-corrected chi connectivity index (χ2v) is 7.90. The Hall–Kier alpha value is -2.09. The van der Waals surface area contributed by atoms with Crippen molar-refractivity contribution in [2.45, 2.75) is 18.0 Å². The first kappa shape index (κ1) is 16.8. The number of hydrogen-bond acceptors (Lipinski definition) is 4. The molecule has 0 aliphatic rings. The molecule has 7 heteroatoms. The zero-order chi connectivity index (χ0) is 17.0. The third kappa shape index (κ3) is 3.87. The number of halogens is 1. The number of sulfonamides is 1. The van der Waals surface area contributed by atoms with Crippen LogP contribution in [0.25, 0.3) is 0 Å². The van der Waals surface area contributed by atoms with Crippen molar-refractivity contribution in [1.82, 2.24) is 9.29 Å². The van der Waals surface area contributed by atoms with Crippen LogP contribution in [0, 0.1) is 5.82 Å². The predicted molar refractivity (Wildman–Crippen MR) is 91.4 cm³/mol. The Labute approximate surface area is 144 Å². The van der Waals surface area contributed by atoms with Crippen molar-refractivity contribution >= 4 is 21.4 Å². The van der Waals surface area contributed by atoms with Gasteiger partial charge in [-0.3, -0.25) is 4.98 Å². The van der Waals surface area contributed by atoms with E-state index in [9.17, 15) is 12.8 Å². The molecule has 124 valence electrons. The molecular formula is C17H15FN2O2S2. The van der Waals surface area contributed by atoms with Crippen LogP contribution in [0.2, 0.25) is 0 Å². The van der Waals surface area contributed by atoms with Crippen LogP contribution in [-0.2, 0) is 23.1 Å². The molecule has 2 heterocycles. The quantitative estimate of drug-likeness (QED) is 0.672. The number of aromatic nitrogens is 1. The highest BCUT2D eigenvalue weighted by molar-refractivity contribution is 7.89. The number of thiophene rings is 1. The number of hydrogen-bond donors (Lipinski definition) is 0. The lowest BCUT2D eigenvalue weighted by Gasteiger charge is -2.21. The van der Waals surface area contributed by atoms with E-state index in [1.165, 1.54) is 33.8 Å². The molecule has 0 unspecified atom stereocenters. The van der Waals surface area contributed by atoms with Crippen molar-refractivity contribution < 1.29 is 12.8 Å². The minimum absolute atomic E-state index is 0.0614. The lowest BCUT2D eigenvalue weighted by molar-refractivity contribution is 0.397. The first-order valence-electron chi connectivity index (χ1n) is 7.22. The van der Waals surface area contributed by atoms with Crippen LogP contribution in [0.3, 0.4) is 0 Å². The van der Waals surface area contributed by atoms with E-state index in [0.717, 1.165) is 11.6 Å². The summed E-state index contributed by atoms with van der Waals surface area (Å²) in [5.74, 6) is -0.579. The van der Waals surface area contributed by atoms with Crippen molar-refractivity contribution in [1.29, 1.82) is 0 Å². The number of nitrogens with zero attached hydrogens (tertiary/aromatic N) is 2. The van der Waals surface area contributed by atoms with Crippen LogP contribution in [-0.4, -0.2) is 17.7 Å². The van der Waals surface area contributed by atoms with Crippen molar-refractivity contribution in [3.63, 3.8) is 0 Å². The van der Waals surface area contributed by atoms with Gasteiger partial charge in [0.1, 0.15) is 5.82 Å². The fourth-order valence-corrected chi connectivity index (χ4v) is 4.35. The molecule has 0 saturated heterocycles. The third-order valence-corrected chi connectivity index (χ3v) is 5.96. The van der Waals surface area contributed by atoms with E-state index in [1.807, 2.05) is 16.8 Å². The fourth-order valence-electron chi connectivity index (χ4n) is 2.26. The van der Waals surface area contributed by atoms with Crippen molar-refractivity contribution in [3.8, 4) is 0 Å². The van der Waals surface area contributed by atoms with Gasteiger partial charge in [0, 0.05) is 12.7 Å². The molecule has 0 radical (unpaired) electrons. The Kier molecular flexibility index (Phi) is 5.03. The highest BCUT2D eigenvalue weighted by atomic mass is 32.2. The highest BCUT2D eigenvalue weighted by Crippen LogP contribution is 2.22. The maximum atomic E-state index is 13.5. The molecule has 3 rings (SSSR count). The minimum Gasteiger partial charge on any atom is -0.260 e. The predicted octanol–water partition coefficient (Wildman–Crippen LogP) is 3.67. The summed E-state index contributed by atoms with van der Waals surface area (Å²) >= 11 is 1.50. The van der Waals surface area contributed by atoms with E-state index in [0.29, 0.717) is 5.69 Å². The summed E-state index contributed by atoms with van der Waals surface area (Å²) in [6.45, 7) is 0.328. The minimum atomic E-state index is -3.84. The Morgan fingerprint density at radius 3 is 2.62 bits per heavy atom. The normalized spacial score (nSPS) is 11.8. The molecule has 0 atom stereocenters. The molecule has 0 bridgehead atoms. The second-order valence-electron chi connectivity index (χ2n) is 5.18. The molecule has 0 spiro atoms. The molecule has 24 heavy (non-hydrogen) atoms. The van der Waals surface area contributed by atoms with Gasteiger partial charge in [-0.25, -0.2) is 12.8 Å². The van der Waals surface area contributed by atoms with Crippen LogP contribution in [0.15, 0.2) is 70.4 Å². The van der Waals surface area contributed by atoms with Gasteiger partial charge in [-0.15, -0.1) is 0 Å². The van der Waals surface area contributed by atoms with E-state index >= 15 is 0 Å². The van der Waals surface area contributed by atoms with Crippen molar-refractivity contribution in [3.05, 3.63) is 82.6 Å². The lowest BCUT2D eigenvalue weighted by atomic mass is 10.3. The van der Waals surface area contributed by atoms with Gasteiger partial charge in [-0.2, -0.15) is 15.6 Å². The summed E-state index contributed by atoms with van der Waals surface area (Å²) in [6, 6.07) is 12.3. The van der Waals surface area contributed by atoms with E-state index in [-0.39, 0.29) is 18.0 Å². The molecular weight excluding hydrogens is 347 g/mol. The van der Waals surface area contributed by atoms with Gasteiger partial charge in [0.25, 0.3) is 0 Å². The number of benzene rings is 1. The van der Waals surface area contributed by atoms with Crippen molar-refractivity contribution in [2.75, 3.05) is 0 Å². The zero-order valence-corrected chi connectivity index (χ0v) is 14.3. The maximum absolute atomic E-state index is 13.5. The summed E-state index contributed by atoms with van der Waals surface area (Å²) in [4.78, 5) is 4.13. The van der Waals surface area contributed by atoms with Gasteiger partial charge < -0.3 is 0 Å². The van der Waals surface area contributed by atoms with Gasteiger partial charge in [-0.05, 0) is 52.7 Å². The molecule has 1 aromatic carbocycles. The van der Waals surface area contributed by atoms with E-state index in [2.05, 4.69) is 4.98 Å². The molecule has 0 N–H and O–H groups in total. The van der Waals surface area contributed by atoms with Crippen molar-refractivity contribution in [2.24, 2.45) is 0 Å². The Bertz CT molecular complexity index is 897. The lowest BCUT2D eigenvalue weighted by Crippen LogP contribution is -2.30. The van der Waals surface area contributed by atoms with E-state index < -0.39 is 15.8 Å². The fraction of sp³-hybridized carbons (Fsp3) is 0.118. The van der Waals surface area contributed by atoms with Crippen LogP contribution in [0.4, 0.5) is 4.39 Å². The van der Waals surface area contributed by atoms with Gasteiger partial charge in [0.05, 0.1) is 17.1 Å². The average molecular weight is 362 g/mol. The highest BCUT2D eigenvalue weighted by Gasteiger charge is 2.25. The van der Waals surface area contributed by atoms with Crippen LogP contribution >= 0.6 is 11.3 Å². The van der Waals surface area contributed by atoms with Crippen LogP contribution < -0.4 is 0 Å². The maximum Gasteiger partial charge on any atom is 0.243 e. The molecule has 0 fully saturated rings. The Balaban J connectivity index is 1.96. The Morgan fingerprint density at radius 1 is 1.08 bits per heavy atom. The SMILES string of the molecule is O=S(=O)(c1cccc(F)c1)N(Cc1ccsc1)Cc1ccccn1. The summed E-state index contributed by atoms with van der Waals surface area (Å²) in [7, 11) is -3.84. The molecule has 4 nitrogen and oxygen atoms in total. The second kappa shape index (κ2) is 7.21. The monoisotopic (exact) mass is 362 g/mol. The standard InChI is InChI=1S/C17H15FN2O2S2/c18-15-4-3-6-17(10-15)24(21,22)20(11-14-7-9-23-13-14)12-16-5-1-2-8-19-16/h1-10,13H,11-12H2. The molecule has 2 aromatic heterocycles. The van der Waals surface area contributed by atoms with Gasteiger partial charge in [0.2, 0.25) is 10.0 Å². The first-order valence-corrected chi connectivity index (χ1v) is 9.61. The molecule has 0 aliphatic heterocycles. The Morgan fingerprint density at radius 2 is 1.96 bits per heavy atom. The largest absolute Gasteiger partial charge is 0.260 e. The van der Waals surface area contributed by atoms with E-state index in [4.69, 9.17) is 0 Å². The number of pyridine rings is 1. The summed E-state index contributed by atoms with van der Waals surface area (Å²) in [5.41, 5.74) is 1.52. The number of rotatable bonds is 6. The third-order valence-electron chi connectivity index (χ3n) is 3.44. The summed E-state index contributed by atoms with van der Waals surface area (Å²) in [5, 5.41) is 3.79. The van der Waals surface area contributed by atoms with Gasteiger partial charge >= 0.3 is 0 Å². The average Bonchev–Trinajstić information content (AvgIpc) is 3.08. The first-order chi connectivity index (χ1) is 11.6. The van der Waals surface area contributed by atoms with Crippen LogP contribution in [0.1, 0.15) is 11.3 Å². The molecule has 0 amide bonds. The van der Waals surface area contributed by atoms with Gasteiger partial charge in [-0.1, -0.05) is 12.1 Å². The smallest absolute Gasteiger partial charge is 0.243 e. The van der Waals surface area contributed by atoms with Gasteiger partial charge in [0.15, 0.2) is 0 Å². The topological polar surface area (TPSA) is 50.3 Å². The molecule has 0 aliphatic carbocycles. The molecule has 3 aromatic rings. The zero-order valence-electron chi connectivity index (χ0n) is 12.7. The van der Waals surface area contributed by atoms with E-state index in [1.54, 1.807) is 24.4 Å². The molecule has 0 saturated carbocycles.